The molecule has 92 valence electrons. The van der Waals surface area contributed by atoms with E-state index in [1.165, 1.54) is 0 Å². The summed E-state index contributed by atoms with van der Waals surface area (Å²) in [5, 5.41) is 18.6. The Morgan fingerprint density at radius 1 is 1.59 bits per heavy atom. The second-order valence-corrected chi connectivity index (χ2v) is 4.44. The summed E-state index contributed by atoms with van der Waals surface area (Å²) in [4.78, 5) is 17.1. The van der Waals surface area contributed by atoms with Crippen molar-refractivity contribution < 1.29 is 15.0 Å². The number of carboxylic acid groups (broad SMARTS) is 1. The lowest BCUT2D eigenvalue weighted by Gasteiger charge is -2.20. The summed E-state index contributed by atoms with van der Waals surface area (Å²) in [7, 11) is 0. The zero-order chi connectivity index (χ0) is 12.4. The molecular formula is C12H16N2O3. The number of nitrogens with zero attached hydrogens (tertiary/aromatic N) is 2. The van der Waals surface area contributed by atoms with Crippen molar-refractivity contribution in [2.45, 2.75) is 32.0 Å². The first-order valence-electron chi connectivity index (χ1n) is 5.63. The van der Waals surface area contributed by atoms with Gasteiger partial charge in [-0.1, -0.05) is 6.07 Å². The van der Waals surface area contributed by atoms with E-state index in [-0.39, 0.29) is 0 Å². The number of aliphatic hydroxyl groups excluding tert-OH is 1. The van der Waals surface area contributed by atoms with Gasteiger partial charge in [0, 0.05) is 25.2 Å². The van der Waals surface area contributed by atoms with Gasteiger partial charge in [-0.2, -0.15) is 0 Å². The number of hydrogen-bond acceptors (Lipinski definition) is 4. The molecular weight excluding hydrogens is 220 g/mol. The van der Waals surface area contributed by atoms with E-state index in [0.717, 1.165) is 11.4 Å². The average Bonchev–Trinajstić information content (AvgIpc) is 2.59. The number of pyridine rings is 1. The van der Waals surface area contributed by atoms with Crippen molar-refractivity contribution in [2.24, 2.45) is 0 Å². The molecule has 0 bridgehead atoms. The lowest BCUT2D eigenvalue weighted by Crippen LogP contribution is -2.35. The smallest absolute Gasteiger partial charge is 0.321 e. The van der Waals surface area contributed by atoms with Gasteiger partial charge in [0.25, 0.3) is 0 Å². The van der Waals surface area contributed by atoms with Gasteiger partial charge in [0.15, 0.2) is 0 Å². The van der Waals surface area contributed by atoms with Gasteiger partial charge in [-0.05, 0) is 19.1 Å². The van der Waals surface area contributed by atoms with Crippen LogP contribution in [0.1, 0.15) is 17.8 Å². The fourth-order valence-electron chi connectivity index (χ4n) is 2.21. The minimum Gasteiger partial charge on any atom is -0.480 e. The van der Waals surface area contributed by atoms with Crippen molar-refractivity contribution in [3.63, 3.8) is 0 Å². The van der Waals surface area contributed by atoms with E-state index >= 15 is 0 Å². The van der Waals surface area contributed by atoms with Gasteiger partial charge in [-0.25, -0.2) is 0 Å². The van der Waals surface area contributed by atoms with Crippen LogP contribution in [0.15, 0.2) is 18.2 Å². The van der Waals surface area contributed by atoms with E-state index in [1.807, 2.05) is 25.1 Å². The third-order valence-electron chi connectivity index (χ3n) is 2.98. The van der Waals surface area contributed by atoms with Crippen LogP contribution in [-0.2, 0) is 11.3 Å². The molecule has 17 heavy (non-hydrogen) atoms. The topological polar surface area (TPSA) is 73.7 Å². The van der Waals surface area contributed by atoms with Crippen LogP contribution in [0.2, 0.25) is 0 Å². The zero-order valence-electron chi connectivity index (χ0n) is 9.71. The van der Waals surface area contributed by atoms with Gasteiger partial charge < -0.3 is 10.2 Å². The summed E-state index contributed by atoms with van der Waals surface area (Å²) < 4.78 is 0. The quantitative estimate of drug-likeness (QED) is 0.795. The molecule has 2 heterocycles. The fraction of sp³-hybridized carbons (Fsp3) is 0.500. The summed E-state index contributed by atoms with van der Waals surface area (Å²) >= 11 is 0. The number of aliphatic carboxylic acids is 1. The Morgan fingerprint density at radius 2 is 2.35 bits per heavy atom. The normalized spacial score (nSPS) is 25.1. The van der Waals surface area contributed by atoms with Crippen LogP contribution in [0, 0.1) is 6.92 Å². The van der Waals surface area contributed by atoms with E-state index in [2.05, 4.69) is 4.98 Å². The second-order valence-electron chi connectivity index (χ2n) is 4.44. The van der Waals surface area contributed by atoms with E-state index in [4.69, 9.17) is 5.11 Å². The fourth-order valence-corrected chi connectivity index (χ4v) is 2.21. The lowest BCUT2D eigenvalue weighted by molar-refractivity contribution is -0.142. The largest absolute Gasteiger partial charge is 0.480 e. The van der Waals surface area contributed by atoms with Gasteiger partial charge in [0.2, 0.25) is 0 Å². The first-order valence-corrected chi connectivity index (χ1v) is 5.63. The Bertz CT molecular complexity index is 422. The number of hydrogen-bond donors (Lipinski definition) is 2. The molecule has 0 spiro atoms. The van der Waals surface area contributed by atoms with Crippen LogP contribution < -0.4 is 0 Å². The lowest BCUT2D eigenvalue weighted by atomic mass is 10.2. The maximum atomic E-state index is 11.0. The average molecular weight is 236 g/mol. The number of likely N-dealkylation sites (tertiary alicyclic amines) is 1. The highest BCUT2D eigenvalue weighted by molar-refractivity contribution is 5.74. The van der Waals surface area contributed by atoms with Gasteiger partial charge in [0.1, 0.15) is 6.04 Å². The monoisotopic (exact) mass is 236 g/mol. The molecule has 5 heteroatoms. The molecule has 1 aromatic heterocycles. The van der Waals surface area contributed by atoms with Crippen molar-refractivity contribution in [1.82, 2.24) is 9.88 Å². The van der Waals surface area contributed by atoms with Crippen LogP contribution in [0.4, 0.5) is 0 Å². The molecule has 2 N–H and O–H groups in total. The maximum Gasteiger partial charge on any atom is 0.321 e. The number of aryl methyl sites for hydroxylation is 1. The molecule has 0 aromatic carbocycles. The second kappa shape index (κ2) is 4.81. The first-order chi connectivity index (χ1) is 8.06. The van der Waals surface area contributed by atoms with Crippen molar-refractivity contribution in [3.8, 4) is 0 Å². The molecule has 1 saturated heterocycles. The van der Waals surface area contributed by atoms with Gasteiger partial charge in [-0.3, -0.25) is 14.7 Å². The third kappa shape index (κ3) is 2.81. The maximum absolute atomic E-state index is 11.0. The van der Waals surface area contributed by atoms with E-state index < -0.39 is 18.1 Å². The predicted octanol–water partition coefficient (Wildman–Crippen LogP) is 0.410. The number of carboxylic acids is 1. The predicted molar refractivity (Wildman–Crippen MR) is 61.4 cm³/mol. The molecule has 1 aromatic rings. The van der Waals surface area contributed by atoms with E-state index in [1.54, 1.807) is 4.90 Å². The Kier molecular flexibility index (Phi) is 3.40. The Balaban J connectivity index is 2.09. The van der Waals surface area contributed by atoms with Gasteiger partial charge >= 0.3 is 5.97 Å². The molecule has 5 nitrogen and oxygen atoms in total. The molecule has 0 aliphatic carbocycles. The first kappa shape index (κ1) is 12.0. The molecule has 1 fully saturated rings. The van der Waals surface area contributed by atoms with Crippen molar-refractivity contribution in [1.29, 1.82) is 0 Å². The minimum atomic E-state index is -0.880. The summed E-state index contributed by atoms with van der Waals surface area (Å²) in [5.74, 6) is -0.880. The van der Waals surface area contributed by atoms with Crippen LogP contribution in [0.3, 0.4) is 0 Å². The van der Waals surface area contributed by atoms with Crippen LogP contribution in [0.25, 0.3) is 0 Å². The van der Waals surface area contributed by atoms with Crippen molar-refractivity contribution in [3.05, 3.63) is 29.6 Å². The molecule has 0 amide bonds. The highest BCUT2D eigenvalue weighted by Gasteiger charge is 2.35. The van der Waals surface area contributed by atoms with Crippen LogP contribution in [0.5, 0.6) is 0 Å². The van der Waals surface area contributed by atoms with Crippen LogP contribution >= 0.6 is 0 Å². The Labute approximate surface area is 99.7 Å². The van der Waals surface area contributed by atoms with Crippen molar-refractivity contribution in [2.75, 3.05) is 6.54 Å². The summed E-state index contributed by atoms with van der Waals surface area (Å²) in [5.41, 5.74) is 1.75. The van der Waals surface area contributed by atoms with Gasteiger partial charge in [-0.15, -0.1) is 0 Å². The summed E-state index contributed by atoms with van der Waals surface area (Å²) in [6.45, 7) is 2.76. The van der Waals surface area contributed by atoms with E-state index in [9.17, 15) is 9.90 Å². The molecule has 1 aliphatic heterocycles. The molecule has 0 radical (unpaired) electrons. The van der Waals surface area contributed by atoms with Crippen molar-refractivity contribution >= 4 is 5.97 Å². The number of rotatable bonds is 3. The summed E-state index contributed by atoms with van der Waals surface area (Å²) in [6.07, 6.45) is -0.262. The third-order valence-corrected chi connectivity index (χ3v) is 2.98. The number of β-amino-alcohol motifs (C(OH)–C–C–N with tert-alkyl or cyclic N) is 1. The molecule has 2 unspecified atom stereocenters. The Hall–Kier alpha value is -1.46. The highest BCUT2D eigenvalue weighted by atomic mass is 16.4. The number of carbonyl (C=O) groups is 1. The minimum absolute atomic E-state index is 0.293. The van der Waals surface area contributed by atoms with Crippen LogP contribution in [-0.4, -0.2) is 44.8 Å². The SMILES string of the molecule is Cc1cccc(CN2CC(O)CC2C(=O)O)n1. The number of aromatic nitrogens is 1. The zero-order valence-corrected chi connectivity index (χ0v) is 9.71. The van der Waals surface area contributed by atoms with Gasteiger partial charge in [0.05, 0.1) is 11.8 Å². The molecule has 0 saturated carbocycles. The molecule has 1 aliphatic rings. The molecule has 2 atom stereocenters. The standard InChI is InChI=1S/C12H16N2O3/c1-8-3-2-4-9(13-8)6-14-7-10(15)5-11(14)12(16)17/h2-4,10-11,15H,5-7H2,1H3,(H,16,17). The number of aliphatic hydroxyl groups is 1. The molecule has 2 rings (SSSR count). The highest BCUT2D eigenvalue weighted by Crippen LogP contribution is 2.20. The summed E-state index contributed by atoms with van der Waals surface area (Å²) in [6, 6.07) is 5.07. The Morgan fingerprint density at radius 3 is 3.00 bits per heavy atom. The van der Waals surface area contributed by atoms with E-state index in [0.29, 0.717) is 19.5 Å².